The van der Waals surface area contributed by atoms with Crippen molar-refractivity contribution in [2.45, 2.75) is 19.4 Å². The molecule has 0 aliphatic carbocycles. The van der Waals surface area contributed by atoms with E-state index in [-0.39, 0.29) is 17.8 Å². The van der Waals surface area contributed by atoms with Crippen molar-refractivity contribution in [2.24, 2.45) is 0 Å². The van der Waals surface area contributed by atoms with Crippen LogP contribution >= 0.6 is 11.3 Å². The lowest BCUT2D eigenvalue weighted by molar-refractivity contribution is 0.0696. The van der Waals surface area contributed by atoms with Gasteiger partial charge in [-0.15, -0.1) is 11.3 Å². The largest absolute Gasteiger partial charge is 0.327 e. The Kier molecular flexibility index (Phi) is 4.14. The minimum atomic E-state index is -0.262. The van der Waals surface area contributed by atoms with E-state index in [0.29, 0.717) is 12.1 Å². The zero-order chi connectivity index (χ0) is 17.4. The topological polar surface area (TPSA) is 20.3 Å². The zero-order valence-corrected chi connectivity index (χ0v) is 14.7. The van der Waals surface area contributed by atoms with Gasteiger partial charge < -0.3 is 4.90 Å². The van der Waals surface area contributed by atoms with E-state index in [9.17, 15) is 9.18 Å². The molecule has 1 aliphatic rings. The Hall–Kier alpha value is -2.46. The number of rotatable bonds is 2. The van der Waals surface area contributed by atoms with Crippen LogP contribution in [-0.2, 0) is 6.42 Å². The number of amides is 1. The Morgan fingerprint density at radius 1 is 1.08 bits per heavy atom. The molecule has 0 saturated heterocycles. The summed E-state index contributed by atoms with van der Waals surface area (Å²) in [4.78, 5) is 16.4. The summed E-state index contributed by atoms with van der Waals surface area (Å²) in [6.45, 7) is 2.68. The van der Waals surface area contributed by atoms with E-state index in [4.69, 9.17) is 0 Å². The molecule has 1 aliphatic heterocycles. The Morgan fingerprint density at radius 2 is 1.80 bits per heavy atom. The molecule has 1 aromatic heterocycles. The minimum absolute atomic E-state index is 0.0196. The first-order valence-electron chi connectivity index (χ1n) is 8.33. The van der Waals surface area contributed by atoms with Crippen molar-refractivity contribution in [3.8, 4) is 0 Å². The van der Waals surface area contributed by atoms with Gasteiger partial charge in [0.15, 0.2) is 0 Å². The van der Waals surface area contributed by atoms with Crippen LogP contribution in [-0.4, -0.2) is 17.4 Å². The lowest BCUT2D eigenvalue weighted by atomic mass is 9.92. The third-order valence-electron chi connectivity index (χ3n) is 4.71. The van der Waals surface area contributed by atoms with Gasteiger partial charge in [0.05, 0.1) is 6.04 Å². The molecule has 126 valence electrons. The van der Waals surface area contributed by atoms with Crippen molar-refractivity contribution in [1.29, 1.82) is 0 Å². The SMILES string of the molecule is Cc1ccc(C(=O)N2CCc3sccc3C2c2ccc(F)cc2)cc1. The summed E-state index contributed by atoms with van der Waals surface area (Å²) in [5.74, 6) is -0.243. The van der Waals surface area contributed by atoms with Crippen LogP contribution in [0.1, 0.15) is 38.0 Å². The fourth-order valence-corrected chi connectivity index (χ4v) is 4.31. The van der Waals surface area contributed by atoms with Crippen LogP contribution in [0.3, 0.4) is 0 Å². The molecule has 0 N–H and O–H groups in total. The average molecular weight is 351 g/mol. The molecule has 0 spiro atoms. The average Bonchev–Trinajstić information content (AvgIpc) is 3.10. The van der Waals surface area contributed by atoms with Crippen molar-refractivity contribution < 1.29 is 9.18 Å². The van der Waals surface area contributed by atoms with E-state index in [0.717, 1.165) is 23.1 Å². The second-order valence-electron chi connectivity index (χ2n) is 6.37. The molecular weight excluding hydrogens is 333 g/mol. The molecule has 4 rings (SSSR count). The summed E-state index contributed by atoms with van der Waals surface area (Å²) in [6.07, 6.45) is 0.863. The standard InChI is InChI=1S/C21H18FNOS/c1-14-2-4-16(5-3-14)21(24)23-12-10-19-18(11-13-25-19)20(23)15-6-8-17(22)9-7-15/h2-9,11,13,20H,10,12H2,1H3. The summed E-state index contributed by atoms with van der Waals surface area (Å²) < 4.78 is 13.4. The molecule has 0 saturated carbocycles. The molecule has 2 aromatic carbocycles. The van der Waals surface area contributed by atoms with E-state index in [2.05, 4.69) is 11.4 Å². The van der Waals surface area contributed by atoms with Crippen molar-refractivity contribution in [3.05, 3.63) is 92.9 Å². The van der Waals surface area contributed by atoms with Crippen LogP contribution < -0.4 is 0 Å². The van der Waals surface area contributed by atoms with E-state index >= 15 is 0 Å². The number of carbonyl (C=O) groups excluding carboxylic acids is 1. The van der Waals surface area contributed by atoms with Gasteiger partial charge in [0.2, 0.25) is 0 Å². The number of fused-ring (bicyclic) bond motifs is 1. The molecule has 1 atom stereocenters. The molecule has 1 amide bonds. The van der Waals surface area contributed by atoms with Gasteiger partial charge in [-0.05, 0) is 60.2 Å². The number of thiophene rings is 1. The van der Waals surface area contributed by atoms with Crippen LogP contribution in [0.2, 0.25) is 0 Å². The number of aryl methyl sites for hydroxylation is 1. The Bertz CT molecular complexity index is 898. The molecule has 25 heavy (non-hydrogen) atoms. The normalized spacial score (nSPS) is 16.6. The monoisotopic (exact) mass is 351 g/mol. The number of nitrogens with zero attached hydrogens (tertiary/aromatic N) is 1. The highest BCUT2D eigenvalue weighted by Crippen LogP contribution is 2.38. The molecular formula is C21H18FNOS. The lowest BCUT2D eigenvalue weighted by Gasteiger charge is -2.36. The van der Waals surface area contributed by atoms with Crippen LogP contribution in [0.25, 0.3) is 0 Å². The van der Waals surface area contributed by atoms with Gasteiger partial charge in [-0.25, -0.2) is 4.39 Å². The molecule has 3 aromatic rings. The van der Waals surface area contributed by atoms with E-state index in [1.807, 2.05) is 36.1 Å². The third-order valence-corrected chi connectivity index (χ3v) is 5.71. The quantitative estimate of drug-likeness (QED) is 0.637. The van der Waals surface area contributed by atoms with Crippen molar-refractivity contribution in [3.63, 3.8) is 0 Å². The highest BCUT2D eigenvalue weighted by Gasteiger charge is 2.33. The summed E-state index contributed by atoms with van der Waals surface area (Å²) in [6, 6.07) is 16.1. The van der Waals surface area contributed by atoms with Gasteiger partial charge in [0.1, 0.15) is 5.82 Å². The Morgan fingerprint density at radius 3 is 2.52 bits per heavy atom. The van der Waals surface area contributed by atoms with Crippen LogP contribution in [0, 0.1) is 12.7 Å². The molecule has 0 fully saturated rings. The molecule has 0 radical (unpaired) electrons. The molecule has 2 nitrogen and oxygen atoms in total. The van der Waals surface area contributed by atoms with Gasteiger partial charge in [-0.1, -0.05) is 29.8 Å². The first-order chi connectivity index (χ1) is 12.1. The Balaban J connectivity index is 1.76. The second-order valence-corrected chi connectivity index (χ2v) is 7.37. The van der Waals surface area contributed by atoms with Gasteiger partial charge in [-0.3, -0.25) is 4.79 Å². The van der Waals surface area contributed by atoms with Gasteiger partial charge in [0, 0.05) is 17.0 Å². The van der Waals surface area contributed by atoms with E-state index in [1.54, 1.807) is 23.5 Å². The number of carbonyl (C=O) groups is 1. The molecule has 1 unspecified atom stereocenters. The number of hydrogen-bond acceptors (Lipinski definition) is 2. The molecule has 4 heteroatoms. The zero-order valence-electron chi connectivity index (χ0n) is 13.9. The maximum atomic E-state index is 13.4. The van der Waals surface area contributed by atoms with Crippen LogP contribution in [0.15, 0.2) is 60.0 Å². The van der Waals surface area contributed by atoms with Crippen molar-refractivity contribution in [2.75, 3.05) is 6.54 Å². The van der Waals surface area contributed by atoms with Gasteiger partial charge in [0.25, 0.3) is 5.91 Å². The Labute approximate surface area is 150 Å². The number of hydrogen-bond donors (Lipinski definition) is 0. The molecule has 2 heterocycles. The van der Waals surface area contributed by atoms with Crippen molar-refractivity contribution >= 4 is 17.2 Å². The highest BCUT2D eigenvalue weighted by atomic mass is 32.1. The highest BCUT2D eigenvalue weighted by molar-refractivity contribution is 7.10. The third kappa shape index (κ3) is 2.98. The minimum Gasteiger partial charge on any atom is -0.327 e. The van der Waals surface area contributed by atoms with Crippen molar-refractivity contribution in [1.82, 2.24) is 4.90 Å². The first kappa shape index (κ1) is 16.0. The van der Waals surface area contributed by atoms with Gasteiger partial charge >= 0.3 is 0 Å². The summed E-state index contributed by atoms with van der Waals surface area (Å²) in [5.41, 5.74) is 3.92. The van der Waals surface area contributed by atoms with Gasteiger partial charge in [-0.2, -0.15) is 0 Å². The van der Waals surface area contributed by atoms with Crippen LogP contribution in [0.5, 0.6) is 0 Å². The van der Waals surface area contributed by atoms with Crippen LogP contribution in [0.4, 0.5) is 4.39 Å². The summed E-state index contributed by atoms with van der Waals surface area (Å²) in [5, 5.41) is 2.07. The summed E-state index contributed by atoms with van der Waals surface area (Å²) >= 11 is 1.73. The molecule has 0 bridgehead atoms. The van der Waals surface area contributed by atoms with E-state index in [1.165, 1.54) is 17.0 Å². The summed E-state index contributed by atoms with van der Waals surface area (Å²) in [7, 11) is 0. The van der Waals surface area contributed by atoms with E-state index < -0.39 is 0 Å². The second kappa shape index (κ2) is 6.45. The predicted molar refractivity (Wildman–Crippen MR) is 98.5 cm³/mol. The first-order valence-corrected chi connectivity index (χ1v) is 9.21. The smallest absolute Gasteiger partial charge is 0.254 e. The maximum absolute atomic E-state index is 13.4. The lowest BCUT2D eigenvalue weighted by Crippen LogP contribution is -2.40. The maximum Gasteiger partial charge on any atom is 0.254 e. The fraction of sp³-hybridized carbons (Fsp3) is 0.190. The number of benzene rings is 2. The fourth-order valence-electron chi connectivity index (χ4n) is 3.40. The predicted octanol–water partition coefficient (Wildman–Crippen LogP) is 4.98. The number of halogens is 1.